The first kappa shape index (κ1) is 23.6. The summed E-state index contributed by atoms with van der Waals surface area (Å²) in [6.07, 6.45) is 0. The molecule has 0 radical (unpaired) electrons. The fourth-order valence-corrected chi connectivity index (χ4v) is 5.19. The predicted molar refractivity (Wildman–Crippen MR) is 110 cm³/mol. The van der Waals surface area contributed by atoms with Crippen LogP contribution in [0.15, 0.2) is 17.0 Å². The van der Waals surface area contributed by atoms with Gasteiger partial charge in [-0.1, -0.05) is 23.2 Å². The third kappa shape index (κ3) is 5.28. The lowest BCUT2D eigenvalue weighted by Gasteiger charge is -2.32. The zero-order chi connectivity index (χ0) is 19.6. The summed E-state index contributed by atoms with van der Waals surface area (Å²) in [5, 5.41) is 1.89. The van der Waals surface area contributed by atoms with Crippen LogP contribution in [-0.4, -0.2) is 88.1 Å². The van der Waals surface area contributed by atoms with Crippen LogP contribution in [0.1, 0.15) is 10.4 Å². The quantitative estimate of drug-likeness (QED) is 0.710. The van der Waals surface area contributed by atoms with Crippen LogP contribution in [0.3, 0.4) is 0 Å². The van der Waals surface area contributed by atoms with Gasteiger partial charge in [-0.15, -0.1) is 12.4 Å². The highest BCUT2D eigenvalue weighted by molar-refractivity contribution is 7.89. The minimum Gasteiger partial charge on any atom is -0.379 e. The lowest BCUT2D eigenvalue weighted by atomic mass is 10.2. The number of benzene rings is 1. The summed E-state index contributed by atoms with van der Waals surface area (Å²) in [6.45, 7) is 4.12. The molecule has 0 unspecified atom stereocenters. The lowest BCUT2D eigenvalue weighted by molar-refractivity contribution is 0.0662. The van der Waals surface area contributed by atoms with E-state index in [1.807, 2.05) is 7.05 Å². The first-order valence-electron chi connectivity index (χ1n) is 8.60. The molecule has 1 amide bonds. The van der Waals surface area contributed by atoms with E-state index in [4.69, 9.17) is 27.9 Å². The number of rotatable bonds is 4. The van der Waals surface area contributed by atoms with E-state index in [2.05, 4.69) is 10.3 Å². The number of amides is 1. The number of carbonyl (C=O) groups is 1. The zero-order valence-electron chi connectivity index (χ0n) is 15.4. The lowest BCUT2D eigenvalue weighted by Crippen LogP contribution is -2.52. The van der Waals surface area contributed by atoms with E-state index in [1.54, 1.807) is 5.01 Å². The van der Waals surface area contributed by atoms with Crippen LogP contribution in [0.25, 0.3) is 0 Å². The molecule has 0 aliphatic carbocycles. The highest BCUT2D eigenvalue weighted by Gasteiger charge is 2.30. The van der Waals surface area contributed by atoms with Crippen LogP contribution in [0.4, 0.5) is 0 Å². The SMILES string of the molecule is CN1CCN(NC(=O)c2cc(S(=O)(=O)N3CCOCC3)c(Cl)cc2Cl)CC1.Cl. The Hall–Kier alpha value is -0.650. The minimum atomic E-state index is -3.84. The molecule has 12 heteroatoms. The number of likely N-dealkylation sites (N-methyl/N-ethyl adjacent to an activating group) is 1. The molecule has 2 saturated heterocycles. The summed E-state index contributed by atoms with van der Waals surface area (Å²) in [5.41, 5.74) is 2.86. The van der Waals surface area contributed by atoms with Crippen molar-refractivity contribution in [3.8, 4) is 0 Å². The summed E-state index contributed by atoms with van der Waals surface area (Å²) in [5.74, 6) is -0.459. The number of carbonyl (C=O) groups excluding carboxylic acids is 1. The van der Waals surface area contributed by atoms with Gasteiger partial charge >= 0.3 is 0 Å². The highest BCUT2D eigenvalue weighted by atomic mass is 35.5. The van der Waals surface area contributed by atoms with Crippen molar-refractivity contribution in [1.82, 2.24) is 19.6 Å². The van der Waals surface area contributed by atoms with Crippen LogP contribution in [0.5, 0.6) is 0 Å². The average Bonchev–Trinajstić information content (AvgIpc) is 2.64. The number of morpholine rings is 1. The third-order valence-electron chi connectivity index (χ3n) is 4.62. The predicted octanol–water partition coefficient (Wildman–Crippen LogP) is 1.33. The van der Waals surface area contributed by atoms with Gasteiger partial charge in [-0.25, -0.2) is 13.4 Å². The molecule has 1 N–H and O–H groups in total. The first-order chi connectivity index (χ1) is 12.8. The van der Waals surface area contributed by atoms with Gasteiger partial charge in [-0.2, -0.15) is 4.31 Å². The minimum absolute atomic E-state index is 0. The second-order valence-electron chi connectivity index (χ2n) is 6.51. The molecule has 0 bridgehead atoms. The van der Waals surface area contributed by atoms with Crippen molar-refractivity contribution in [1.29, 1.82) is 0 Å². The molecule has 0 spiro atoms. The number of sulfonamides is 1. The second kappa shape index (κ2) is 9.90. The number of nitrogens with zero attached hydrogens (tertiary/aromatic N) is 3. The van der Waals surface area contributed by atoms with Gasteiger partial charge in [0, 0.05) is 39.3 Å². The number of hydrogen-bond acceptors (Lipinski definition) is 6. The number of piperazine rings is 1. The molecule has 8 nitrogen and oxygen atoms in total. The fraction of sp³-hybridized carbons (Fsp3) is 0.562. The molecule has 1 aromatic carbocycles. The van der Waals surface area contributed by atoms with Crippen molar-refractivity contribution in [3.05, 3.63) is 27.7 Å². The van der Waals surface area contributed by atoms with Crippen LogP contribution >= 0.6 is 35.6 Å². The molecule has 0 saturated carbocycles. The molecule has 0 aromatic heterocycles. The van der Waals surface area contributed by atoms with E-state index in [0.717, 1.165) is 13.1 Å². The number of nitrogens with one attached hydrogen (secondary N) is 1. The second-order valence-corrected chi connectivity index (χ2v) is 9.23. The zero-order valence-corrected chi connectivity index (χ0v) is 18.5. The van der Waals surface area contributed by atoms with E-state index in [-0.39, 0.29) is 46.0 Å². The van der Waals surface area contributed by atoms with E-state index >= 15 is 0 Å². The van der Waals surface area contributed by atoms with Gasteiger partial charge in [0.15, 0.2) is 0 Å². The van der Waals surface area contributed by atoms with E-state index in [9.17, 15) is 13.2 Å². The van der Waals surface area contributed by atoms with Crippen LogP contribution in [-0.2, 0) is 14.8 Å². The first-order valence-corrected chi connectivity index (χ1v) is 10.8. The van der Waals surface area contributed by atoms with Crippen LogP contribution in [0.2, 0.25) is 10.0 Å². The smallest absolute Gasteiger partial charge is 0.267 e. The summed E-state index contributed by atoms with van der Waals surface area (Å²) in [7, 11) is -1.83. The largest absolute Gasteiger partial charge is 0.379 e. The maximum Gasteiger partial charge on any atom is 0.267 e. The van der Waals surface area contributed by atoms with Gasteiger partial charge in [0.2, 0.25) is 10.0 Å². The van der Waals surface area contributed by atoms with E-state index in [1.165, 1.54) is 16.4 Å². The molecule has 3 rings (SSSR count). The molecular weight excluding hydrogens is 451 g/mol. The Kier molecular flexibility index (Phi) is 8.36. The van der Waals surface area contributed by atoms with Crippen molar-refractivity contribution in [3.63, 3.8) is 0 Å². The molecule has 158 valence electrons. The highest BCUT2D eigenvalue weighted by Crippen LogP contribution is 2.31. The Balaban J connectivity index is 0.00000280. The monoisotopic (exact) mass is 472 g/mol. The number of halogens is 3. The molecule has 1 aromatic rings. The molecule has 2 aliphatic heterocycles. The molecular formula is C16H23Cl3N4O4S. The van der Waals surface area contributed by atoms with Crippen LogP contribution < -0.4 is 5.43 Å². The number of hydrogen-bond donors (Lipinski definition) is 1. The summed E-state index contributed by atoms with van der Waals surface area (Å²) in [6, 6.07) is 2.55. The summed E-state index contributed by atoms with van der Waals surface area (Å²) in [4.78, 5) is 14.7. The maximum atomic E-state index is 12.9. The Labute approximate surface area is 181 Å². The van der Waals surface area contributed by atoms with Crippen LogP contribution in [0, 0.1) is 0 Å². The third-order valence-corrected chi connectivity index (χ3v) is 7.29. The molecule has 0 atom stereocenters. The number of hydrazine groups is 1. The van der Waals surface area contributed by atoms with Crippen molar-refractivity contribution in [2.45, 2.75) is 4.90 Å². The van der Waals surface area contributed by atoms with Crippen molar-refractivity contribution < 1.29 is 17.9 Å². The van der Waals surface area contributed by atoms with Gasteiger partial charge in [0.1, 0.15) is 4.90 Å². The molecule has 28 heavy (non-hydrogen) atoms. The molecule has 2 heterocycles. The number of ether oxygens (including phenoxy) is 1. The van der Waals surface area contributed by atoms with Gasteiger partial charge in [0.05, 0.1) is 28.8 Å². The average molecular weight is 474 g/mol. The fourth-order valence-electron chi connectivity index (χ4n) is 2.95. The Morgan fingerprint density at radius 2 is 1.64 bits per heavy atom. The normalized spacial score (nSPS) is 19.8. The van der Waals surface area contributed by atoms with Crippen molar-refractivity contribution >= 4 is 51.5 Å². The van der Waals surface area contributed by atoms with Gasteiger partial charge in [-0.3, -0.25) is 10.2 Å². The maximum absolute atomic E-state index is 12.9. The molecule has 2 aliphatic rings. The standard InChI is InChI=1S/C16H22Cl2N4O4S.ClH/c1-20-2-4-21(5-3-20)19-16(23)12-10-15(14(18)11-13(12)17)27(24,25)22-6-8-26-9-7-22;/h10-11H,2-9H2,1H3,(H,19,23);1H. The Morgan fingerprint density at radius 1 is 1.04 bits per heavy atom. The van der Waals surface area contributed by atoms with Crippen molar-refractivity contribution in [2.75, 3.05) is 59.5 Å². The van der Waals surface area contributed by atoms with Gasteiger partial charge in [-0.05, 0) is 19.2 Å². The van der Waals surface area contributed by atoms with Gasteiger partial charge in [0.25, 0.3) is 5.91 Å². The van der Waals surface area contributed by atoms with E-state index in [0.29, 0.717) is 26.3 Å². The van der Waals surface area contributed by atoms with Gasteiger partial charge < -0.3 is 9.64 Å². The van der Waals surface area contributed by atoms with Crippen molar-refractivity contribution in [2.24, 2.45) is 0 Å². The summed E-state index contributed by atoms with van der Waals surface area (Å²) >= 11 is 12.3. The van der Waals surface area contributed by atoms with E-state index < -0.39 is 15.9 Å². The Morgan fingerprint density at radius 3 is 2.25 bits per heavy atom. The Bertz CT molecular complexity index is 810. The topological polar surface area (TPSA) is 82.2 Å². The summed E-state index contributed by atoms with van der Waals surface area (Å²) < 4.78 is 32.3. The molecule has 2 fully saturated rings.